The standard InChI is InChI=1S/C17H13ClFN3OS/c1-10-2-5-12(8-14(10)18)21-16(23)15-9-20-17(24)22(15)13-6-3-11(19)4-7-13/h2-9H,1H3,(H,20,24)(H,21,23). The fourth-order valence-corrected chi connectivity index (χ4v) is 2.69. The molecule has 0 aliphatic heterocycles. The van der Waals surface area contributed by atoms with Crippen LogP contribution in [0.15, 0.2) is 48.7 Å². The zero-order valence-corrected chi connectivity index (χ0v) is 14.2. The van der Waals surface area contributed by atoms with Gasteiger partial charge in [-0.25, -0.2) is 4.39 Å². The van der Waals surface area contributed by atoms with Crippen molar-refractivity contribution in [2.24, 2.45) is 0 Å². The summed E-state index contributed by atoms with van der Waals surface area (Å²) in [6, 6.07) is 11.0. The first kappa shape index (κ1) is 16.4. The van der Waals surface area contributed by atoms with Crippen LogP contribution in [0.1, 0.15) is 16.1 Å². The molecule has 1 aromatic heterocycles. The number of H-pyrrole nitrogens is 1. The van der Waals surface area contributed by atoms with E-state index in [-0.39, 0.29) is 11.7 Å². The molecule has 0 saturated carbocycles. The summed E-state index contributed by atoms with van der Waals surface area (Å²) in [4.78, 5) is 15.4. The molecule has 0 unspecified atom stereocenters. The molecule has 0 spiro atoms. The van der Waals surface area contributed by atoms with Crippen molar-refractivity contribution in [3.63, 3.8) is 0 Å². The van der Waals surface area contributed by atoms with E-state index in [9.17, 15) is 9.18 Å². The minimum Gasteiger partial charge on any atom is -0.336 e. The maximum Gasteiger partial charge on any atom is 0.274 e. The summed E-state index contributed by atoms with van der Waals surface area (Å²) in [6.07, 6.45) is 1.51. The number of aromatic amines is 1. The zero-order chi connectivity index (χ0) is 17.3. The molecule has 24 heavy (non-hydrogen) atoms. The highest BCUT2D eigenvalue weighted by atomic mass is 35.5. The number of carbonyl (C=O) groups excluding carboxylic acids is 1. The average molecular weight is 362 g/mol. The fourth-order valence-electron chi connectivity index (χ4n) is 2.25. The van der Waals surface area contributed by atoms with E-state index in [1.807, 2.05) is 13.0 Å². The molecule has 1 amide bonds. The predicted octanol–water partition coefficient (Wildman–Crippen LogP) is 4.89. The number of rotatable bonds is 3. The second kappa shape index (κ2) is 6.59. The minimum absolute atomic E-state index is 0.309. The second-order valence-corrected chi connectivity index (χ2v) is 6.00. The predicted molar refractivity (Wildman–Crippen MR) is 95.1 cm³/mol. The summed E-state index contributed by atoms with van der Waals surface area (Å²) < 4.78 is 15.0. The normalized spacial score (nSPS) is 10.6. The first-order valence-electron chi connectivity index (χ1n) is 7.09. The summed E-state index contributed by atoms with van der Waals surface area (Å²) in [5, 5.41) is 3.34. The van der Waals surface area contributed by atoms with Gasteiger partial charge in [0.15, 0.2) is 4.77 Å². The lowest BCUT2D eigenvalue weighted by molar-refractivity contribution is 0.102. The Morgan fingerprint density at radius 2 is 1.96 bits per heavy atom. The third-order valence-electron chi connectivity index (χ3n) is 3.52. The number of amides is 1. The van der Waals surface area contributed by atoms with Gasteiger partial charge in [0, 0.05) is 22.6 Å². The van der Waals surface area contributed by atoms with Gasteiger partial charge in [-0.3, -0.25) is 9.36 Å². The Morgan fingerprint density at radius 1 is 1.25 bits per heavy atom. The molecule has 0 aliphatic carbocycles. The molecule has 3 rings (SSSR count). The Balaban J connectivity index is 1.95. The topological polar surface area (TPSA) is 49.8 Å². The summed E-state index contributed by atoms with van der Waals surface area (Å²) in [7, 11) is 0. The van der Waals surface area contributed by atoms with Crippen LogP contribution in [0.5, 0.6) is 0 Å². The highest BCUT2D eigenvalue weighted by molar-refractivity contribution is 7.71. The van der Waals surface area contributed by atoms with Gasteiger partial charge < -0.3 is 10.3 Å². The molecule has 4 nitrogen and oxygen atoms in total. The van der Waals surface area contributed by atoms with Gasteiger partial charge in [0.25, 0.3) is 5.91 Å². The minimum atomic E-state index is -0.360. The van der Waals surface area contributed by atoms with Crippen molar-refractivity contribution in [1.82, 2.24) is 9.55 Å². The Bertz CT molecular complexity index is 963. The van der Waals surface area contributed by atoms with Gasteiger partial charge in [-0.15, -0.1) is 0 Å². The van der Waals surface area contributed by atoms with Crippen molar-refractivity contribution in [2.75, 3.05) is 5.32 Å². The van der Waals surface area contributed by atoms with Crippen molar-refractivity contribution in [1.29, 1.82) is 0 Å². The van der Waals surface area contributed by atoms with E-state index in [1.165, 1.54) is 18.3 Å². The fraction of sp³-hybridized carbons (Fsp3) is 0.0588. The van der Waals surface area contributed by atoms with E-state index in [1.54, 1.807) is 28.8 Å². The second-order valence-electron chi connectivity index (χ2n) is 5.21. The van der Waals surface area contributed by atoms with Crippen LogP contribution in [-0.2, 0) is 0 Å². The highest BCUT2D eigenvalue weighted by Crippen LogP contribution is 2.21. The van der Waals surface area contributed by atoms with Gasteiger partial charge in [0.1, 0.15) is 11.5 Å². The molecule has 0 bridgehead atoms. The number of imidazole rings is 1. The lowest BCUT2D eigenvalue weighted by atomic mass is 10.2. The number of anilines is 1. The number of hydrogen-bond acceptors (Lipinski definition) is 2. The number of nitrogens with zero attached hydrogens (tertiary/aromatic N) is 1. The van der Waals surface area contributed by atoms with Crippen molar-refractivity contribution in [3.8, 4) is 5.69 Å². The Kier molecular flexibility index (Phi) is 4.51. The zero-order valence-electron chi connectivity index (χ0n) is 12.6. The summed E-state index contributed by atoms with van der Waals surface area (Å²) in [5.74, 6) is -0.715. The number of halogens is 2. The van der Waals surface area contributed by atoms with Gasteiger partial charge in [-0.1, -0.05) is 17.7 Å². The number of nitrogens with one attached hydrogen (secondary N) is 2. The summed E-state index contributed by atoms with van der Waals surface area (Å²) >= 11 is 11.3. The third-order valence-corrected chi connectivity index (χ3v) is 4.23. The highest BCUT2D eigenvalue weighted by Gasteiger charge is 2.15. The third kappa shape index (κ3) is 3.25. The molecule has 3 aromatic rings. The number of aryl methyl sites for hydroxylation is 1. The maximum atomic E-state index is 13.1. The van der Waals surface area contributed by atoms with Crippen molar-refractivity contribution < 1.29 is 9.18 Å². The van der Waals surface area contributed by atoms with Gasteiger partial charge in [-0.2, -0.15) is 0 Å². The van der Waals surface area contributed by atoms with E-state index in [2.05, 4.69) is 10.3 Å². The van der Waals surface area contributed by atoms with Crippen LogP contribution in [0.25, 0.3) is 5.69 Å². The number of hydrogen-bond donors (Lipinski definition) is 2. The Morgan fingerprint density at radius 3 is 2.62 bits per heavy atom. The van der Waals surface area contributed by atoms with E-state index >= 15 is 0 Å². The number of benzene rings is 2. The van der Waals surface area contributed by atoms with Gasteiger partial charge in [-0.05, 0) is 61.1 Å². The van der Waals surface area contributed by atoms with E-state index < -0.39 is 0 Å². The first-order valence-corrected chi connectivity index (χ1v) is 7.88. The van der Waals surface area contributed by atoms with E-state index in [4.69, 9.17) is 23.8 Å². The monoisotopic (exact) mass is 361 g/mol. The lowest BCUT2D eigenvalue weighted by Gasteiger charge is -2.10. The van der Waals surface area contributed by atoms with Crippen LogP contribution in [0.4, 0.5) is 10.1 Å². The van der Waals surface area contributed by atoms with Crippen LogP contribution >= 0.6 is 23.8 Å². The molecule has 2 aromatic carbocycles. The van der Waals surface area contributed by atoms with Crippen molar-refractivity contribution >= 4 is 35.4 Å². The molecule has 0 radical (unpaired) electrons. The quantitative estimate of drug-likeness (QED) is 0.653. The van der Waals surface area contributed by atoms with Gasteiger partial charge >= 0.3 is 0 Å². The van der Waals surface area contributed by atoms with Crippen molar-refractivity contribution in [2.45, 2.75) is 6.92 Å². The largest absolute Gasteiger partial charge is 0.336 e. The lowest BCUT2D eigenvalue weighted by Crippen LogP contribution is -2.16. The van der Waals surface area contributed by atoms with Crippen LogP contribution in [0, 0.1) is 17.5 Å². The van der Waals surface area contributed by atoms with Crippen LogP contribution in [-0.4, -0.2) is 15.5 Å². The van der Waals surface area contributed by atoms with Crippen molar-refractivity contribution in [3.05, 3.63) is 75.5 Å². The van der Waals surface area contributed by atoms with Crippen LogP contribution in [0.2, 0.25) is 5.02 Å². The van der Waals surface area contributed by atoms with Gasteiger partial charge in [0.05, 0.1) is 0 Å². The molecular formula is C17H13ClFN3OS. The molecule has 0 fully saturated rings. The molecule has 2 N–H and O–H groups in total. The molecule has 0 atom stereocenters. The number of aromatic nitrogens is 2. The van der Waals surface area contributed by atoms with Crippen LogP contribution in [0.3, 0.4) is 0 Å². The molecule has 122 valence electrons. The Hall–Kier alpha value is -2.44. The van der Waals surface area contributed by atoms with E-state index in [0.717, 1.165) is 5.56 Å². The van der Waals surface area contributed by atoms with Crippen LogP contribution < -0.4 is 5.32 Å². The Labute approximate surface area is 147 Å². The molecule has 0 saturated heterocycles. The molecule has 0 aliphatic rings. The summed E-state index contributed by atoms with van der Waals surface area (Å²) in [5.41, 5.74) is 2.40. The molecular weight excluding hydrogens is 349 g/mol. The smallest absolute Gasteiger partial charge is 0.274 e. The maximum absolute atomic E-state index is 13.1. The summed E-state index contributed by atoms with van der Waals surface area (Å²) in [6.45, 7) is 1.88. The average Bonchev–Trinajstić information content (AvgIpc) is 2.93. The first-order chi connectivity index (χ1) is 11.5. The molecule has 1 heterocycles. The number of carbonyl (C=O) groups is 1. The van der Waals surface area contributed by atoms with Gasteiger partial charge in [0.2, 0.25) is 0 Å². The van der Waals surface area contributed by atoms with E-state index in [0.29, 0.717) is 26.9 Å². The molecule has 7 heteroatoms. The SMILES string of the molecule is Cc1ccc(NC(=O)c2c[nH]c(=S)n2-c2ccc(F)cc2)cc1Cl.